The Kier molecular flexibility index (Phi) is 6.62. The molecule has 0 spiro atoms. The third-order valence-corrected chi connectivity index (χ3v) is 6.65. The molecule has 31 heavy (non-hydrogen) atoms. The van der Waals surface area contributed by atoms with Crippen LogP contribution in [0, 0.1) is 0 Å². The molecule has 1 amide bonds. The van der Waals surface area contributed by atoms with Gasteiger partial charge in [-0.2, -0.15) is 0 Å². The van der Waals surface area contributed by atoms with Gasteiger partial charge in [-0.3, -0.25) is 4.90 Å². The number of likely N-dealkylation sites (tertiary alicyclic amines) is 1. The second-order valence-corrected chi connectivity index (χ2v) is 8.38. The standard InChI is InChI=1S/C24H28N2O4.ClH/c1-16(2)25-14-12-24(13-15-25,22(27)28)26(23(29)30-3)21-19-10-6-4-8-17(19)18-9-5-7-11-20(18)21;/h4-11,16,21H,12-15H2,1-3H3,(H,27,28);1H. The second kappa shape index (κ2) is 8.89. The molecule has 2 aromatic rings. The number of nitrogens with zero attached hydrogens (tertiary/aromatic N) is 2. The smallest absolute Gasteiger partial charge is 0.411 e. The van der Waals surface area contributed by atoms with Gasteiger partial charge in [0.05, 0.1) is 13.2 Å². The van der Waals surface area contributed by atoms with Gasteiger partial charge in [0.1, 0.15) is 5.54 Å². The van der Waals surface area contributed by atoms with Crippen LogP contribution in [0.4, 0.5) is 4.79 Å². The van der Waals surface area contributed by atoms with E-state index in [0.29, 0.717) is 32.0 Å². The molecule has 1 aliphatic heterocycles. The highest BCUT2D eigenvalue weighted by molar-refractivity contribution is 5.88. The lowest BCUT2D eigenvalue weighted by molar-refractivity contribution is -0.155. The maximum absolute atomic E-state index is 13.2. The molecular weight excluding hydrogens is 416 g/mol. The number of carbonyl (C=O) groups is 2. The van der Waals surface area contributed by atoms with E-state index in [0.717, 1.165) is 22.3 Å². The summed E-state index contributed by atoms with van der Waals surface area (Å²) in [6, 6.07) is 15.6. The number of amides is 1. The van der Waals surface area contributed by atoms with E-state index in [2.05, 4.69) is 18.7 Å². The highest BCUT2D eigenvalue weighted by Gasteiger charge is 2.54. The predicted molar refractivity (Wildman–Crippen MR) is 122 cm³/mol. The number of benzene rings is 2. The van der Waals surface area contributed by atoms with E-state index >= 15 is 0 Å². The molecule has 0 bridgehead atoms. The van der Waals surface area contributed by atoms with Crippen molar-refractivity contribution in [3.63, 3.8) is 0 Å². The van der Waals surface area contributed by atoms with Crippen molar-refractivity contribution in [3.05, 3.63) is 59.7 Å². The summed E-state index contributed by atoms with van der Waals surface area (Å²) in [5.41, 5.74) is 2.62. The summed E-state index contributed by atoms with van der Waals surface area (Å²) in [7, 11) is 1.32. The summed E-state index contributed by atoms with van der Waals surface area (Å²) >= 11 is 0. The number of aliphatic carboxylic acids is 1. The number of fused-ring (bicyclic) bond motifs is 3. The number of halogens is 1. The summed E-state index contributed by atoms with van der Waals surface area (Å²) in [6.07, 6.45) is 0.110. The number of carbonyl (C=O) groups excluding carboxylic acids is 1. The van der Waals surface area contributed by atoms with Gasteiger partial charge < -0.3 is 14.7 Å². The Morgan fingerprint density at radius 1 is 1.03 bits per heavy atom. The highest BCUT2D eigenvalue weighted by Crippen LogP contribution is 2.50. The van der Waals surface area contributed by atoms with Crippen LogP contribution >= 0.6 is 12.4 Å². The van der Waals surface area contributed by atoms with Crippen molar-refractivity contribution in [1.82, 2.24) is 9.80 Å². The summed E-state index contributed by atoms with van der Waals surface area (Å²) in [6.45, 7) is 5.45. The number of carboxylic acid groups (broad SMARTS) is 1. The van der Waals surface area contributed by atoms with E-state index in [-0.39, 0.29) is 12.4 Å². The van der Waals surface area contributed by atoms with Crippen LogP contribution in [0.2, 0.25) is 0 Å². The van der Waals surface area contributed by atoms with Crippen LogP contribution in [0.25, 0.3) is 11.1 Å². The van der Waals surface area contributed by atoms with E-state index in [4.69, 9.17) is 4.74 Å². The second-order valence-electron chi connectivity index (χ2n) is 8.38. The lowest BCUT2D eigenvalue weighted by Crippen LogP contribution is -2.63. The summed E-state index contributed by atoms with van der Waals surface area (Å²) in [5.74, 6) is -0.974. The van der Waals surface area contributed by atoms with Crippen LogP contribution in [0.3, 0.4) is 0 Å². The predicted octanol–water partition coefficient (Wildman–Crippen LogP) is 4.57. The molecule has 7 heteroatoms. The fourth-order valence-corrected chi connectivity index (χ4v) is 5.00. The molecule has 2 aliphatic rings. The number of methoxy groups -OCH3 is 1. The zero-order valence-electron chi connectivity index (χ0n) is 18.1. The summed E-state index contributed by atoms with van der Waals surface area (Å²) < 4.78 is 5.17. The molecule has 0 atom stereocenters. The maximum atomic E-state index is 13.2. The molecule has 1 heterocycles. The summed E-state index contributed by atoms with van der Waals surface area (Å²) in [5, 5.41) is 10.4. The van der Waals surface area contributed by atoms with Crippen LogP contribution in [0.1, 0.15) is 43.9 Å². The van der Waals surface area contributed by atoms with Crippen molar-refractivity contribution in [2.75, 3.05) is 20.2 Å². The molecule has 0 aromatic heterocycles. The van der Waals surface area contributed by atoms with Crippen LogP contribution in [0.15, 0.2) is 48.5 Å². The van der Waals surface area contributed by atoms with E-state index in [1.807, 2.05) is 48.5 Å². The lowest BCUT2D eigenvalue weighted by Gasteiger charge is -2.48. The van der Waals surface area contributed by atoms with Crippen LogP contribution in [0.5, 0.6) is 0 Å². The molecule has 6 nitrogen and oxygen atoms in total. The van der Waals surface area contributed by atoms with Crippen molar-refractivity contribution in [2.24, 2.45) is 0 Å². The molecule has 1 saturated heterocycles. The number of rotatable bonds is 4. The minimum atomic E-state index is -1.33. The quantitative estimate of drug-likeness (QED) is 0.747. The Balaban J connectivity index is 0.00000272. The molecule has 0 unspecified atom stereocenters. The number of hydrogen-bond donors (Lipinski definition) is 1. The molecule has 1 fully saturated rings. The third-order valence-electron chi connectivity index (χ3n) is 6.65. The van der Waals surface area contributed by atoms with Crippen molar-refractivity contribution in [1.29, 1.82) is 0 Å². The molecular formula is C24H29ClN2O4. The first kappa shape index (κ1) is 23.1. The van der Waals surface area contributed by atoms with Crippen LogP contribution in [-0.4, -0.2) is 58.7 Å². The van der Waals surface area contributed by atoms with E-state index in [1.165, 1.54) is 12.0 Å². The van der Waals surface area contributed by atoms with Gasteiger partial charge in [-0.25, -0.2) is 9.59 Å². The van der Waals surface area contributed by atoms with Crippen molar-refractivity contribution >= 4 is 24.5 Å². The first-order valence-electron chi connectivity index (χ1n) is 10.4. The average Bonchev–Trinajstić information content (AvgIpc) is 3.08. The first-order chi connectivity index (χ1) is 14.4. The number of hydrogen-bond acceptors (Lipinski definition) is 4. The van der Waals surface area contributed by atoms with Gasteiger partial charge in [-0.05, 0) is 48.9 Å². The van der Waals surface area contributed by atoms with Crippen molar-refractivity contribution < 1.29 is 19.4 Å². The number of ether oxygens (including phenoxy) is 1. The SMILES string of the molecule is COC(=O)N(C1c2ccccc2-c2ccccc21)C1(C(=O)O)CCN(C(C)C)CC1.Cl. The number of piperidine rings is 1. The Bertz CT molecular complexity index is 924. The third kappa shape index (κ3) is 3.68. The van der Waals surface area contributed by atoms with Crippen molar-refractivity contribution in [3.8, 4) is 11.1 Å². The van der Waals surface area contributed by atoms with Gasteiger partial charge in [-0.15, -0.1) is 12.4 Å². The fourth-order valence-electron chi connectivity index (χ4n) is 5.00. The first-order valence-corrected chi connectivity index (χ1v) is 10.4. The Morgan fingerprint density at radius 2 is 1.52 bits per heavy atom. The number of carboxylic acids is 1. The fraction of sp³-hybridized carbons (Fsp3) is 0.417. The van der Waals surface area contributed by atoms with E-state index in [1.54, 1.807) is 0 Å². The Hall–Kier alpha value is -2.57. The van der Waals surface area contributed by atoms with Gasteiger partial charge in [-0.1, -0.05) is 48.5 Å². The molecule has 1 aliphatic carbocycles. The van der Waals surface area contributed by atoms with Gasteiger partial charge in [0.25, 0.3) is 0 Å². The zero-order chi connectivity index (χ0) is 21.5. The van der Waals surface area contributed by atoms with Crippen LogP contribution < -0.4 is 0 Å². The van der Waals surface area contributed by atoms with Gasteiger partial charge in [0, 0.05) is 19.1 Å². The largest absolute Gasteiger partial charge is 0.479 e. The van der Waals surface area contributed by atoms with Crippen LogP contribution in [-0.2, 0) is 9.53 Å². The van der Waals surface area contributed by atoms with Gasteiger partial charge in [0.15, 0.2) is 0 Å². The van der Waals surface area contributed by atoms with E-state index in [9.17, 15) is 14.7 Å². The van der Waals surface area contributed by atoms with Crippen molar-refractivity contribution in [2.45, 2.75) is 44.3 Å². The maximum Gasteiger partial charge on any atom is 0.411 e. The molecule has 166 valence electrons. The van der Waals surface area contributed by atoms with Gasteiger partial charge in [0.2, 0.25) is 0 Å². The monoisotopic (exact) mass is 444 g/mol. The molecule has 0 saturated carbocycles. The molecule has 4 rings (SSSR count). The van der Waals surface area contributed by atoms with Gasteiger partial charge >= 0.3 is 12.1 Å². The average molecular weight is 445 g/mol. The lowest BCUT2D eigenvalue weighted by atomic mass is 9.83. The zero-order valence-corrected chi connectivity index (χ0v) is 18.9. The Morgan fingerprint density at radius 3 is 1.94 bits per heavy atom. The molecule has 2 aromatic carbocycles. The van der Waals surface area contributed by atoms with E-state index < -0.39 is 23.6 Å². The molecule has 1 N–H and O–H groups in total. The Labute approximate surface area is 189 Å². The minimum absolute atomic E-state index is 0. The summed E-state index contributed by atoms with van der Waals surface area (Å²) in [4.78, 5) is 29.7. The topological polar surface area (TPSA) is 70.1 Å². The normalized spacial score (nSPS) is 17.4. The molecule has 0 radical (unpaired) electrons. The highest BCUT2D eigenvalue weighted by atomic mass is 35.5. The minimum Gasteiger partial charge on any atom is -0.479 e.